The summed E-state index contributed by atoms with van der Waals surface area (Å²) in [5.41, 5.74) is 4.80. The van der Waals surface area contributed by atoms with Crippen molar-refractivity contribution in [1.29, 1.82) is 0 Å². The number of para-hydroxylation sites is 1. The van der Waals surface area contributed by atoms with E-state index in [-0.39, 0.29) is 0 Å². The first-order valence-electron chi connectivity index (χ1n) is 7.99. The molecule has 0 radical (unpaired) electrons. The summed E-state index contributed by atoms with van der Waals surface area (Å²) >= 11 is 6.18. The molecule has 0 unspecified atom stereocenters. The van der Waals surface area contributed by atoms with Crippen molar-refractivity contribution in [3.05, 3.63) is 88.9 Å². The minimum atomic E-state index is 0.676. The van der Waals surface area contributed by atoms with Crippen molar-refractivity contribution in [2.45, 2.75) is 0 Å². The predicted molar refractivity (Wildman–Crippen MR) is 102 cm³/mol. The van der Waals surface area contributed by atoms with E-state index in [1.54, 1.807) is 4.79 Å². The average molecular weight is 345 g/mol. The van der Waals surface area contributed by atoms with Gasteiger partial charge in [0.25, 0.3) is 0 Å². The van der Waals surface area contributed by atoms with Gasteiger partial charge in [-0.15, -0.1) is 15.0 Å². The third-order valence-electron chi connectivity index (χ3n) is 4.29. The summed E-state index contributed by atoms with van der Waals surface area (Å²) in [6, 6.07) is 23.9. The Hall–Kier alpha value is -3.11. The summed E-state index contributed by atoms with van der Waals surface area (Å²) in [7, 11) is 0. The van der Waals surface area contributed by atoms with Gasteiger partial charge in [0.1, 0.15) is 5.71 Å². The fraction of sp³-hybridized carbons (Fsp3) is 0. The van der Waals surface area contributed by atoms with Crippen LogP contribution in [0.1, 0.15) is 11.1 Å². The van der Waals surface area contributed by atoms with Crippen molar-refractivity contribution in [3.63, 3.8) is 0 Å². The van der Waals surface area contributed by atoms with Crippen LogP contribution in [0.3, 0.4) is 0 Å². The van der Waals surface area contributed by atoms with Crippen molar-refractivity contribution in [2.75, 3.05) is 5.32 Å². The molecule has 0 saturated heterocycles. The molecule has 0 spiro atoms. The highest BCUT2D eigenvalue weighted by Gasteiger charge is 2.20. The fourth-order valence-corrected chi connectivity index (χ4v) is 3.29. The predicted octanol–water partition coefficient (Wildman–Crippen LogP) is 5.05. The third kappa shape index (κ3) is 2.30. The first kappa shape index (κ1) is 14.3. The Morgan fingerprint density at radius 1 is 0.880 bits per heavy atom. The number of hydrogen-bond acceptors (Lipinski definition) is 3. The van der Waals surface area contributed by atoms with Crippen LogP contribution >= 0.6 is 11.6 Å². The normalized spacial score (nSPS) is 12.8. The van der Waals surface area contributed by atoms with Gasteiger partial charge in [0, 0.05) is 27.2 Å². The lowest BCUT2D eigenvalue weighted by atomic mass is 10.0. The van der Waals surface area contributed by atoms with Crippen LogP contribution in [0, 0.1) is 0 Å². The van der Waals surface area contributed by atoms with Gasteiger partial charge in [-0.05, 0) is 24.3 Å². The Morgan fingerprint density at radius 3 is 2.56 bits per heavy atom. The van der Waals surface area contributed by atoms with Gasteiger partial charge in [0.05, 0.1) is 5.52 Å². The molecule has 4 aromatic rings. The molecule has 0 amide bonds. The van der Waals surface area contributed by atoms with E-state index in [1.807, 2.05) is 54.6 Å². The molecule has 0 atom stereocenters. The number of hydrogen-bond donors (Lipinski definition) is 1. The lowest BCUT2D eigenvalue weighted by molar-refractivity contribution is 0.764. The zero-order valence-electron chi connectivity index (χ0n) is 13.1. The van der Waals surface area contributed by atoms with E-state index in [0.717, 1.165) is 39.2 Å². The van der Waals surface area contributed by atoms with Crippen LogP contribution in [-0.2, 0) is 0 Å². The number of benzene rings is 3. The molecular weight excluding hydrogens is 332 g/mol. The summed E-state index contributed by atoms with van der Waals surface area (Å²) in [6.45, 7) is 0. The maximum atomic E-state index is 6.18. The van der Waals surface area contributed by atoms with Crippen molar-refractivity contribution in [2.24, 2.45) is 5.10 Å². The highest BCUT2D eigenvalue weighted by molar-refractivity contribution is 6.31. The van der Waals surface area contributed by atoms with Crippen molar-refractivity contribution in [3.8, 4) is 0 Å². The Labute approximate surface area is 149 Å². The van der Waals surface area contributed by atoms with E-state index in [2.05, 4.69) is 28.6 Å². The number of anilines is 2. The van der Waals surface area contributed by atoms with Crippen molar-refractivity contribution >= 4 is 39.7 Å². The Bertz CT molecular complexity index is 1130. The zero-order chi connectivity index (χ0) is 16.8. The highest BCUT2D eigenvalue weighted by Crippen LogP contribution is 2.33. The fourth-order valence-electron chi connectivity index (χ4n) is 3.12. The summed E-state index contributed by atoms with van der Waals surface area (Å²) in [4.78, 5) is 1.66. The summed E-state index contributed by atoms with van der Waals surface area (Å²) in [5, 5.41) is 14.6. The smallest absolute Gasteiger partial charge is 0.162 e. The van der Waals surface area contributed by atoms with E-state index in [4.69, 9.17) is 16.7 Å². The topological polar surface area (TPSA) is 42.2 Å². The molecule has 5 rings (SSSR count). The zero-order valence-corrected chi connectivity index (χ0v) is 13.9. The minimum absolute atomic E-state index is 0.676. The molecule has 0 aliphatic carbocycles. The van der Waals surface area contributed by atoms with E-state index in [0.29, 0.717) is 5.02 Å². The molecule has 25 heavy (non-hydrogen) atoms. The Kier molecular flexibility index (Phi) is 3.11. The van der Waals surface area contributed by atoms with E-state index >= 15 is 0 Å². The van der Waals surface area contributed by atoms with Gasteiger partial charge < -0.3 is 5.32 Å². The second-order valence-electron chi connectivity index (χ2n) is 5.88. The maximum Gasteiger partial charge on any atom is 0.162 e. The Morgan fingerprint density at radius 2 is 1.68 bits per heavy atom. The highest BCUT2D eigenvalue weighted by atomic mass is 35.5. The monoisotopic (exact) mass is 344 g/mol. The van der Waals surface area contributed by atoms with Crippen molar-refractivity contribution < 1.29 is 0 Å². The van der Waals surface area contributed by atoms with Gasteiger partial charge in [-0.3, -0.25) is 0 Å². The molecule has 120 valence electrons. The number of fused-ring (bicyclic) bond motifs is 4. The van der Waals surface area contributed by atoms with Gasteiger partial charge in [-0.1, -0.05) is 60.1 Å². The summed E-state index contributed by atoms with van der Waals surface area (Å²) in [6.07, 6.45) is 0. The number of aromatic nitrogens is 2. The average Bonchev–Trinajstić information content (AvgIpc) is 2.88. The summed E-state index contributed by atoms with van der Waals surface area (Å²) in [5.74, 6) is 0.816. The summed E-state index contributed by atoms with van der Waals surface area (Å²) < 4.78 is 0. The molecule has 2 heterocycles. The van der Waals surface area contributed by atoms with Gasteiger partial charge in [0.15, 0.2) is 5.82 Å². The third-order valence-corrected chi connectivity index (χ3v) is 4.53. The van der Waals surface area contributed by atoms with Gasteiger partial charge >= 0.3 is 0 Å². The number of nitrogens with zero attached hydrogens (tertiary/aromatic N) is 3. The molecule has 5 heteroatoms. The standard InChI is InChI=1S/C20H13ClN4/c21-14-10-11-18-16(12-14)20-22-17-9-5-4-8-15(17)19(24-25(20)23-18)13-6-2-1-3-7-13/h1-12,22H. The van der Waals surface area contributed by atoms with Gasteiger partial charge in [-0.2, -0.15) is 0 Å². The quantitative estimate of drug-likeness (QED) is 0.462. The second-order valence-corrected chi connectivity index (χ2v) is 6.32. The Balaban J connectivity index is 1.83. The van der Waals surface area contributed by atoms with Gasteiger partial charge in [0.2, 0.25) is 0 Å². The first-order chi connectivity index (χ1) is 12.3. The maximum absolute atomic E-state index is 6.18. The van der Waals surface area contributed by atoms with Crippen LogP contribution in [0.2, 0.25) is 5.02 Å². The number of nitrogens with one attached hydrogen (secondary N) is 1. The van der Waals surface area contributed by atoms with Crippen LogP contribution in [-0.4, -0.2) is 15.6 Å². The van der Waals surface area contributed by atoms with E-state index in [9.17, 15) is 0 Å². The molecule has 1 aromatic heterocycles. The largest absolute Gasteiger partial charge is 0.338 e. The van der Waals surface area contributed by atoms with Gasteiger partial charge in [-0.25, -0.2) is 0 Å². The minimum Gasteiger partial charge on any atom is -0.338 e. The molecule has 1 N–H and O–H groups in total. The van der Waals surface area contributed by atoms with Crippen LogP contribution in [0.25, 0.3) is 10.9 Å². The molecule has 4 nitrogen and oxygen atoms in total. The van der Waals surface area contributed by atoms with Crippen LogP contribution in [0.15, 0.2) is 77.9 Å². The molecule has 1 aliphatic heterocycles. The molecular formula is C20H13ClN4. The molecule has 0 fully saturated rings. The molecule has 0 saturated carbocycles. The first-order valence-corrected chi connectivity index (χ1v) is 8.36. The number of halogens is 1. The lowest BCUT2D eigenvalue weighted by Gasteiger charge is -2.09. The SMILES string of the molecule is Clc1ccc2nn3c(c2c1)Nc1ccccc1C(c1ccccc1)=N3. The van der Waals surface area contributed by atoms with E-state index < -0.39 is 0 Å². The number of rotatable bonds is 1. The molecule has 0 bridgehead atoms. The molecule has 1 aliphatic rings. The van der Waals surface area contributed by atoms with Crippen LogP contribution < -0.4 is 5.32 Å². The van der Waals surface area contributed by atoms with E-state index in [1.165, 1.54) is 0 Å². The van der Waals surface area contributed by atoms with Crippen LogP contribution in [0.4, 0.5) is 11.5 Å². The lowest BCUT2D eigenvalue weighted by Crippen LogP contribution is -2.05. The van der Waals surface area contributed by atoms with Crippen molar-refractivity contribution in [1.82, 2.24) is 9.89 Å². The molecule has 3 aromatic carbocycles. The van der Waals surface area contributed by atoms with Crippen LogP contribution in [0.5, 0.6) is 0 Å². The second kappa shape index (κ2) is 5.46.